The first-order valence-corrected chi connectivity index (χ1v) is 13.3. The summed E-state index contributed by atoms with van der Waals surface area (Å²) in [6, 6.07) is 12.4. The number of nitrogens with zero attached hydrogens (tertiary/aromatic N) is 2. The third-order valence-corrected chi connectivity index (χ3v) is 9.24. The molecule has 0 amide bonds. The Morgan fingerprint density at radius 3 is 2.53 bits per heavy atom. The highest BCUT2D eigenvalue weighted by Gasteiger charge is 2.43. The second-order valence-electron chi connectivity index (χ2n) is 9.04. The van der Waals surface area contributed by atoms with Gasteiger partial charge in [0.05, 0.1) is 12.0 Å². The van der Waals surface area contributed by atoms with Gasteiger partial charge in [0.2, 0.25) is 10.0 Å². The topological polar surface area (TPSA) is 80.3 Å². The van der Waals surface area contributed by atoms with E-state index < -0.39 is 10.0 Å². The lowest BCUT2D eigenvalue weighted by Crippen LogP contribution is -2.45. The van der Waals surface area contributed by atoms with Gasteiger partial charge in [-0.25, -0.2) is 8.42 Å². The van der Waals surface area contributed by atoms with Crippen molar-refractivity contribution >= 4 is 33.0 Å². The number of methoxy groups -OCH3 is 1. The zero-order chi connectivity index (χ0) is 23.8. The summed E-state index contributed by atoms with van der Waals surface area (Å²) < 4.78 is 44.3. The molecule has 182 valence electrons. The number of hydrogen-bond donors (Lipinski definition) is 1. The molecule has 5 rings (SSSR count). The molecule has 2 saturated heterocycles. The van der Waals surface area contributed by atoms with Crippen LogP contribution in [0.3, 0.4) is 0 Å². The highest BCUT2D eigenvalue weighted by Crippen LogP contribution is 2.42. The third kappa shape index (κ3) is 4.54. The van der Waals surface area contributed by atoms with Gasteiger partial charge in [0.15, 0.2) is 16.6 Å². The Morgan fingerprint density at radius 2 is 1.76 bits per heavy atom. The molecule has 1 spiro atoms. The maximum absolute atomic E-state index is 13.1. The maximum Gasteiger partial charge on any atom is 0.243 e. The van der Waals surface area contributed by atoms with Crippen LogP contribution in [0.1, 0.15) is 19.3 Å². The number of sulfonamides is 1. The van der Waals surface area contributed by atoms with Gasteiger partial charge in [-0.2, -0.15) is 4.31 Å². The highest BCUT2D eigenvalue weighted by molar-refractivity contribution is 7.89. The molecule has 0 aromatic heterocycles. The Labute approximate surface area is 205 Å². The van der Waals surface area contributed by atoms with E-state index in [2.05, 4.69) is 10.2 Å². The zero-order valence-corrected chi connectivity index (χ0v) is 20.8. The predicted octanol–water partition coefficient (Wildman–Crippen LogP) is 3.34. The van der Waals surface area contributed by atoms with E-state index in [9.17, 15) is 8.42 Å². The summed E-state index contributed by atoms with van der Waals surface area (Å²) >= 11 is 5.70. The molecule has 2 aromatic rings. The monoisotopic (exact) mass is 503 g/mol. The van der Waals surface area contributed by atoms with Gasteiger partial charge in [0.1, 0.15) is 19.0 Å². The van der Waals surface area contributed by atoms with Gasteiger partial charge in [-0.1, -0.05) is 6.07 Å². The average molecular weight is 504 g/mol. The molecule has 3 aliphatic heterocycles. The molecule has 3 heterocycles. The van der Waals surface area contributed by atoms with Crippen molar-refractivity contribution in [1.29, 1.82) is 0 Å². The fraction of sp³-hybridized carbons (Fsp3) is 0.458. The molecule has 2 fully saturated rings. The van der Waals surface area contributed by atoms with Crippen LogP contribution < -0.4 is 19.5 Å². The lowest BCUT2D eigenvalue weighted by atomic mass is 9.78. The van der Waals surface area contributed by atoms with E-state index in [4.69, 9.17) is 26.4 Å². The number of piperidine rings is 1. The van der Waals surface area contributed by atoms with Crippen molar-refractivity contribution < 1.29 is 22.6 Å². The van der Waals surface area contributed by atoms with Crippen LogP contribution in [0.2, 0.25) is 0 Å². The number of anilines is 1. The summed E-state index contributed by atoms with van der Waals surface area (Å²) in [6.45, 7) is 3.81. The minimum Gasteiger partial charge on any atom is -0.497 e. The average Bonchev–Trinajstić information content (AvgIpc) is 3.28. The van der Waals surface area contributed by atoms with Gasteiger partial charge < -0.3 is 24.4 Å². The van der Waals surface area contributed by atoms with Gasteiger partial charge in [0.25, 0.3) is 0 Å². The molecule has 3 aliphatic rings. The second kappa shape index (κ2) is 9.24. The first-order chi connectivity index (χ1) is 16.4. The summed E-state index contributed by atoms with van der Waals surface area (Å²) in [5.41, 5.74) is 0.952. The fourth-order valence-corrected chi connectivity index (χ4v) is 6.70. The number of ether oxygens (including phenoxy) is 3. The highest BCUT2D eigenvalue weighted by atomic mass is 32.2. The molecule has 34 heavy (non-hydrogen) atoms. The largest absolute Gasteiger partial charge is 0.497 e. The van der Waals surface area contributed by atoms with Crippen LogP contribution in [-0.4, -0.2) is 69.2 Å². The second-order valence-corrected chi connectivity index (χ2v) is 11.4. The summed E-state index contributed by atoms with van der Waals surface area (Å²) in [4.78, 5) is 2.47. The minimum absolute atomic E-state index is 0.0823. The number of hydrogen-bond acceptors (Lipinski definition) is 6. The van der Waals surface area contributed by atoms with Crippen LogP contribution in [0.25, 0.3) is 0 Å². The molecule has 0 bridgehead atoms. The maximum atomic E-state index is 13.1. The lowest BCUT2D eigenvalue weighted by molar-refractivity contribution is 0.167. The normalized spacial score (nSPS) is 19.7. The van der Waals surface area contributed by atoms with Gasteiger partial charge in [-0.3, -0.25) is 0 Å². The zero-order valence-electron chi connectivity index (χ0n) is 19.2. The molecule has 8 nitrogen and oxygen atoms in total. The SMILES string of the molecule is COc1cccc(S(=O)(=O)N2CCC3(CCN(C(=S)Nc4ccc5c(c4)OCCO5)C3)CC2)c1. The Bertz CT molecular complexity index is 1180. The van der Waals surface area contributed by atoms with Crippen molar-refractivity contribution in [3.63, 3.8) is 0 Å². The van der Waals surface area contributed by atoms with E-state index in [0.717, 1.165) is 49.5 Å². The van der Waals surface area contributed by atoms with E-state index in [-0.39, 0.29) is 10.3 Å². The van der Waals surface area contributed by atoms with E-state index >= 15 is 0 Å². The van der Waals surface area contributed by atoms with Gasteiger partial charge >= 0.3 is 0 Å². The number of benzene rings is 2. The van der Waals surface area contributed by atoms with Gasteiger partial charge in [0, 0.05) is 44.0 Å². The first kappa shape index (κ1) is 23.2. The molecule has 0 aliphatic carbocycles. The summed E-state index contributed by atoms with van der Waals surface area (Å²) in [6.07, 6.45) is 2.64. The smallest absolute Gasteiger partial charge is 0.243 e. The van der Waals surface area contributed by atoms with Gasteiger partial charge in [-0.05, 0) is 61.2 Å². The first-order valence-electron chi connectivity index (χ1n) is 11.5. The third-order valence-electron chi connectivity index (χ3n) is 6.98. The van der Waals surface area contributed by atoms with Crippen molar-refractivity contribution in [2.24, 2.45) is 5.41 Å². The minimum atomic E-state index is -3.54. The summed E-state index contributed by atoms with van der Waals surface area (Å²) in [5.74, 6) is 2.01. The molecular formula is C24H29N3O5S2. The van der Waals surface area contributed by atoms with E-state index in [1.807, 2.05) is 18.2 Å². The summed E-state index contributed by atoms with van der Waals surface area (Å²) in [7, 11) is -2.00. The van der Waals surface area contributed by atoms with Crippen LogP contribution in [0.4, 0.5) is 5.69 Å². The van der Waals surface area contributed by atoms with Crippen LogP contribution >= 0.6 is 12.2 Å². The fourth-order valence-electron chi connectivity index (χ4n) is 4.95. The number of rotatable bonds is 4. The molecule has 1 N–H and O–H groups in total. The van der Waals surface area contributed by atoms with Crippen LogP contribution in [0.5, 0.6) is 17.2 Å². The number of nitrogens with one attached hydrogen (secondary N) is 1. The molecule has 2 aromatic carbocycles. The molecule has 0 saturated carbocycles. The summed E-state index contributed by atoms with van der Waals surface area (Å²) in [5, 5.41) is 4.01. The Hall–Kier alpha value is -2.56. The van der Waals surface area contributed by atoms with Crippen molar-refractivity contribution in [1.82, 2.24) is 9.21 Å². The standard InChI is InChI=1S/C24H29N3O5S2/c1-30-19-3-2-4-20(16-19)34(28,29)27-11-8-24(9-12-27)7-10-26(17-24)23(33)25-18-5-6-21-22(15-18)32-14-13-31-21/h2-6,15-16H,7-14,17H2,1H3,(H,25,33). The van der Waals surface area contributed by atoms with Gasteiger partial charge in [-0.15, -0.1) is 0 Å². The van der Waals surface area contributed by atoms with Crippen molar-refractivity contribution in [3.8, 4) is 17.2 Å². The van der Waals surface area contributed by atoms with Crippen LogP contribution in [-0.2, 0) is 10.0 Å². The van der Waals surface area contributed by atoms with Crippen molar-refractivity contribution in [2.75, 3.05) is 51.8 Å². The van der Waals surface area contributed by atoms with E-state index in [1.165, 1.54) is 7.11 Å². The number of fused-ring (bicyclic) bond motifs is 1. The van der Waals surface area contributed by atoms with E-state index in [0.29, 0.717) is 37.2 Å². The van der Waals surface area contributed by atoms with Crippen molar-refractivity contribution in [3.05, 3.63) is 42.5 Å². The Morgan fingerprint density at radius 1 is 1.03 bits per heavy atom. The molecule has 0 atom stereocenters. The molecule has 0 radical (unpaired) electrons. The lowest BCUT2D eigenvalue weighted by Gasteiger charge is -2.38. The predicted molar refractivity (Wildman–Crippen MR) is 133 cm³/mol. The van der Waals surface area contributed by atoms with Crippen molar-refractivity contribution in [2.45, 2.75) is 24.2 Å². The van der Waals surface area contributed by atoms with Crippen LogP contribution in [0.15, 0.2) is 47.4 Å². The molecule has 10 heteroatoms. The number of thiocarbonyl (C=S) groups is 1. The Kier molecular flexibility index (Phi) is 6.30. The van der Waals surface area contributed by atoms with Crippen LogP contribution in [0, 0.1) is 5.41 Å². The quantitative estimate of drug-likeness (QED) is 0.637. The Balaban J connectivity index is 1.19. The molecular weight excluding hydrogens is 474 g/mol. The molecule has 0 unspecified atom stereocenters. The number of likely N-dealkylation sites (tertiary alicyclic amines) is 1. The van der Waals surface area contributed by atoms with E-state index in [1.54, 1.807) is 28.6 Å².